The van der Waals surface area contributed by atoms with Gasteiger partial charge < -0.3 is 25.8 Å². The minimum Gasteiger partial charge on any atom is -0.496 e. The first-order valence-corrected chi connectivity index (χ1v) is 9.75. The molecule has 0 spiro atoms. The molecule has 1 saturated heterocycles. The minimum atomic E-state index is -0.394. The lowest BCUT2D eigenvalue weighted by atomic mass is 9.88. The second-order valence-corrected chi connectivity index (χ2v) is 7.72. The number of halogens is 1. The van der Waals surface area contributed by atoms with E-state index in [1.54, 1.807) is 6.07 Å². The van der Waals surface area contributed by atoms with Gasteiger partial charge in [0.05, 0.1) is 37.3 Å². The fourth-order valence-corrected chi connectivity index (χ4v) is 3.39. The third kappa shape index (κ3) is 6.02. The van der Waals surface area contributed by atoms with Gasteiger partial charge in [0.15, 0.2) is 0 Å². The number of hydrogen-bond donors (Lipinski definition) is 3. The fourth-order valence-electron chi connectivity index (χ4n) is 3.22. The van der Waals surface area contributed by atoms with Gasteiger partial charge in [-0.2, -0.15) is 0 Å². The molecule has 6 nitrogen and oxygen atoms in total. The molecule has 1 aliphatic heterocycles. The third-order valence-electron chi connectivity index (χ3n) is 5.30. The summed E-state index contributed by atoms with van der Waals surface area (Å²) in [5.41, 5.74) is 6.52. The Balaban J connectivity index is 1.82. The van der Waals surface area contributed by atoms with Crippen molar-refractivity contribution in [1.29, 1.82) is 0 Å². The SMILES string of the molecule is [B]CC(C)C(O)CN1CCC(CNC(=O)c2cc(Cl)c(N)cc2OC)CC1. The Kier molecular flexibility index (Phi) is 8.26. The van der Waals surface area contributed by atoms with E-state index in [1.165, 1.54) is 13.2 Å². The molecule has 1 heterocycles. The van der Waals surface area contributed by atoms with Crippen molar-refractivity contribution in [3.63, 3.8) is 0 Å². The van der Waals surface area contributed by atoms with Crippen molar-refractivity contribution in [3.8, 4) is 5.75 Å². The van der Waals surface area contributed by atoms with Crippen LogP contribution in [0.2, 0.25) is 11.3 Å². The van der Waals surface area contributed by atoms with Gasteiger partial charge in [0.25, 0.3) is 5.91 Å². The Labute approximate surface area is 167 Å². The summed E-state index contributed by atoms with van der Waals surface area (Å²) in [6, 6.07) is 3.09. The van der Waals surface area contributed by atoms with Gasteiger partial charge in [0.2, 0.25) is 0 Å². The van der Waals surface area contributed by atoms with Crippen molar-refractivity contribution in [2.45, 2.75) is 32.2 Å². The van der Waals surface area contributed by atoms with Crippen LogP contribution in [-0.4, -0.2) is 63.2 Å². The van der Waals surface area contributed by atoms with Gasteiger partial charge in [-0.05, 0) is 43.8 Å². The number of likely N-dealkylation sites (tertiary alicyclic amines) is 1. The van der Waals surface area contributed by atoms with Crippen LogP contribution in [0.3, 0.4) is 0 Å². The Bertz CT molecular complexity index is 639. The van der Waals surface area contributed by atoms with Gasteiger partial charge in [0.1, 0.15) is 5.75 Å². The number of piperidine rings is 1. The number of amides is 1. The maximum absolute atomic E-state index is 12.5. The molecule has 0 aliphatic carbocycles. The van der Waals surface area contributed by atoms with E-state index in [9.17, 15) is 9.90 Å². The summed E-state index contributed by atoms with van der Waals surface area (Å²) in [6.07, 6.45) is 2.05. The third-order valence-corrected chi connectivity index (χ3v) is 5.62. The van der Waals surface area contributed by atoms with Crippen molar-refractivity contribution < 1.29 is 14.6 Å². The number of β-amino-alcohol motifs (C(OH)–C–C–N with tert-alkyl or cyclic N) is 1. The molecule has 2 unspecified atom stereocenters. The smallest absolute Gasteiger partial charge is 0.255 e. The standard InChI is InChI=1S/C19H29BClN3O3/c1-12(9-20)17(25)11-24-5-3-13(4-6-24)10-23-19(26)14-7-15(21)16(22)8-18(14)27-2/h7-8,12-13,17,25H,3-6,9-11,22H2,1-2H3,(H,23,26). The van der Waals surface area contributed by atoms with E-state index in [4.69, 9.17) is 29.9 Å². The van der Waals surface area contributed by atoms with Crippen molar-refractivity contribution in [2.24, 2.45) is 11.8 Å². The molecule has 0 saturated carbocycles. The van der Waals surface area contributed by atoms with Gasteiger partial charge in [-0.25, -0.2) is 0 Å². The first kappa shape index (κ1) is 21.9. The molecule has 2 atom stereocenters. The second-order valence-electron chi connectivity index (χ2n) is 7.31. The maximum atomic E-state index is 12.5. The summed E-state index contributed by atoms with van der Waals surface area (Å²) in [7, 11) is 7.11. The number of benzene rings is 1. The highest BCUT2D eigenvalue weighted by Gasteiger charge is 2.23. The molecular formula is C19H29BClN3O3. The minimum absolute atomic E-state index is 0.101. The van der Waals surface area contributed by atoms with Crippen LogP contribution in [0.15, 0.2) is 12.1 Å². The average Bonchev–Trinajstić information content (AvgIpc) is 2.68. The summed E-state index contributed by atoms with van der Waals surface area (Å²) in [4.78, 5) is 14.8. The number of aliphatic hydroxyl groups excluding tert-OH is 1. The highest BCUT2D eigenvalue weighted by molar-refractivity contribution is 6.33. The zero-order chi connectivity index (χ0) is 20.0. The van der Waals surface area contributed by atoms with Crippen LogP contribution in [0.1, 0.15) is 30.1 Å². The molecule has 4 N–H and O–H groups in total. The quantitative estimate of drug-likeness (QED) is 0.464. The largest absolute Gasteiger partial charge is 0.496 e. The van der Waals surface area contributed by atoms with E-state index in [0.717, 1.165) is 25.9 Å². The van der Waals surface area contributed by atoms with Crippen molar-refractivity contribution in [3.05, 3.63) is 22.7 Å². The number of rotatable bonds is 8. The van der Waals surface area contributed by atoms with Crippen molar-refractivity contribution in [2.75, 3.05) is 39.0 Å². The number of ether oxygens (including phenoxy) is 1. The molecule has 27 heavy (non-hydrogen) atoms. The first-order chi connectivity index (χ1) is 12.8. The van der Waals surface area contributed by atoms with Crippen LogP contribution in [-0.2, 0) is 0 Å². The molecule has 2 rings (SSSR count). The molecule has 0 aromatic heterocycles. The predicted octanol–water partition coefficient (Wildman–Crippen LogP) is 1.96. The highest BCUT2D eigenvalue weighted by Crippen LogP contribution is 2.29. The molecule has 0 bridgehead atoms. The van der Waals surface area contributed by atoms with Crippen molar-refractivity contribution in [1.82, 2.24) is 10.2 Å². The number of nitrogens with two attached hydrogens (primary N) is 1. The van der Waals surface area contributed by atoms with Crippen molar-refractivity contribution >= 4 is 31.0 Å². The number of nitrogens with zero attached hydrogens (tertiary/aromatic N) is 1. The van der Waals surface area contributed by atoms with Gasteiger partial charge >= 0.3 is 0 Å². The molecule has 2 radical (unpaired) electrons. The number of nitrogens with one attached hydrogen (secondary N) is 1. The average molecular weight is 394 g/mol. The van der Waals surface area contributed by atoms with E-state index in [2.05, 4.69) is 10.2 Å². The number of carbonyl (C=O) groups is 1. The van der Waals surface area contributed by atoms with Crippen LogP contribution < -0.4 is 15.8 Å². The zero-order valence-electron chi connectivity index (χ0n) is 16.1. The molecule has 1 amide bonds. The van der Waals surface area contributed by atoms with E-state index >= 15 is 0 Å². The number of hydrogen-bond acceptors (Lipinski definition) is 5. The Morgan fingerprint density at radius 3 is 2.74 bits per heavy atom. The Hall–Kier alpha value is -1.44. The lowest BCUT2D eigenvalue weighted by Gasteiger charge is -2.34. The van der Waals surface area contributed by atoms with Crippen LogP contribution in [0.5, 0.6) is 5.75 Å². The number of nitrogen functional groups attached to an aromatic ring is 1. The van der Waals surface area contributed by atoms with E-state index in [-0.39, 0.29) is 11.8 Å². The molecular weight excluding hydrogens is 364 g/mol. The molecule has 1 fully saturated rings. The van der Waals surface area contributed by atoms with E-state index < -0.39 is 6.10 Å². The topological polar surface area (TPSA) is 87.8 Å². The first-order valence-electron chi connectivity index (χ1n) is 9.37. The van der Waals surface area contributed by atoms with Crippen LogP contribution in [0, 0.1) is 11.8 Å². The summed E-state index contributed by atoms with van der Waals surface area (Å²) < 4.78 is 5.23. The van der Waals surface area contributed by atoms with Gasteiger partial charge in [-0.1, -0.05) is 24.8 Å². The van der Waals surface area contributed by atoms with E-state index in [1.807, 2.05) is 6.92 Å². The number of carbonyl (C=O) groups excluding carboxylic acids is 1. The van der Waals surface area contributed by atoms with Crippen LogP contribution in [0.4, 0.5) is 5.69 Å². The maximum Gasteiger partial charge on any atom is 0.255 e. The highest BCUT2D eigenvalue weighted by atomic mass is 35.5. The zero-order valence-corrected chi connectivity index (χ0v) is 16.8. The number of anilines is 1. The van der Waals surface area contributed by atoms with Crippen LogP contribution in [0.25, 0.3) is 0 Å². The number of methoxy groups -OCH3 is 1. The van der Waals surface area contributed by atoms with Gasteiger partial charge in [0, 0.05) is 19.2 Å². The predicted molar refractivity (Wildman–Crippen MR) is 110 cm³/mol. The molecule has 1 aromatic rings. The summed E-state index contributed by atoms with van der Waals surface area (Å²) in [5.74, 6) is 0.698. The van der Waals surface area contributed by atoms with E-state index in [0.29, 0.717) is 47.4 Å². The monoisotopic (exact) mass is 393 g/mol. The molecule has 148 valence electrons. The molecule has 1 aliphatic rings. The summed E-state index contributed by atoms with van der Waals surface area (Å²) >= 11 is 6.03. The Morgan fingerprint density at radius 1 is 1.48 bits per heavy atom. The molecule has 1 aromatic carbocycles. The summed E-state index contributed by atoms with van der Waals surface area (Å²) in [6.45, 7) is 5.03. The number of aliphatic hydroxyl groups is 1. The Morgan fingerprint density at radius 2 is 2.15 bits per heavy atom. The lowest BCUT2D eigenvalue weighted by Crippen LogP contribution is -2.43. The second kappa shape index (κ2) is 10.2. The lowest BCUT2D eigenvalue weighted by molar-refractivity contribution is 0.0602. The molecule has 8 heteroatoms. The van der Waals surface area contributed by atoms with Crippen LogP contribution >= 0.6 is 11.6 Å². The summed E-state index contributed by atoms with van der Waals surface area (Å²) in [5, 5.41) is 13.4. The van der Waals surface area contributed by atoms with Gasteiger partial charge in [-0.3, -0.25) is 4.79 Å². The normalized spacial score (nSPS) is 18.1. The fraction of sp³-hybridized carbons (Fsp3) is 0.632. The van der Waals surface area contributed by atoms with Gasteiger partial charge in [-0.15, -0.1) is 0 Å².